The molecule has 0 radical (unpaired) electrons. The van der Waals surface area contributed by atoms with Crippen molar-refractivity contribution >= 4 is 32.9 Å². The highest BCUT2D eigenvalue weighted by molar-refractivity contribution is 7.92. The minimum atomic E-state index is -3.71. The van der Waals surface area contributed by atoms with Gasteiger partial charge in [0, 0.05) is 32.2 Å². The molecular weight excluding hydrogens is 474 g/mol. The number of aromatic nitrogens is 2. The van der Waals surface area contributed by atoms with Gasteiger partial charge >= 0.3 is 0 Å². The SMILES string of the molecule is Cn1ccc(NC(=O)C(CC2CCC(F)(F)CC2)c2ccc3c(c2)Nc2ccccc2S3(=O)=O)n1. The average molecular weight is 501 g/mol. The maximum atomic E-state index is 13.7. The van der Waals surface area contributed by atoms with Crippen molar-refractivity contribution in [2.45, 2.75) is 53.7 Å². The first-order chi connectivity index (χ1) is 16.6. The van der Waals surface area contributed by atoms with Gasteiger partial charge in [-0.25, -0.2) is 17.2 Å². The zero-order valence-electron chi connectivity index (χ0n) is 19.2. The van der Waals surface area contributed by atoms with Crippen molar-refractivity contribution in [1.29, 1.82) is 0 Å². The fraction of sp³-hybridized carbons (Fsp3) is 0.360. The van der Waals surface area contributed by atoms with E-state index in [1.54, 1.807) is 60.4 Å². The van der Waals surface area contributed by atoms with E-state index in [9.17, 15) is 22.0 Å². The smallest absolute Gasteiger partial charge is 0.248 e. The molecule has 1 aliphatic carbocycles. The van der Waals surface area contributed by atoms with Crippen molar-refractivity contribution in [1.82, 2.24) is 9.78 Å². The summed E-state index contributed by atoms with van der Waals surface area (Å²) in [5, 5.41) is 10.2. The van der Waals surface area contributed by atoms with Gasteiger partial charge in [0.2, 0.25) is 21.7 Å². The fourth-order valence-electron chi connectivity index (χ4n) is 4.92. The van der Waals surface area contributed by atoms with Crippen LogP contribution in [0.1, 0.15) is 43.6 Å². The Morgan fingerprint density at radius 3 is 2.57 bits per heavy atom. The van der Waals surface area contributed by atoms with Gasteiger partial charge in [0.15, 0.2) is 5.82 Å². The number of anilines is 3. The van der Waals surface area contributed by atoms with E-state index in [0.29, 0.717) is 42.0 Å². The predicted octanol–water partition coefficient (Wildman–Crippen LogP) is 5.25. The number of aryl methyl sites for hydroxylation is 1. The highest BCUT2D eigenvalue weighted by atomic mass is 32.2. The molecule has 3 aromatic rings. The molecule has 2 aliphatic rings. The summed E-state index contributed by atoms with van der Waals surface area (Å²) < 4.78 is 55.3. The quantitative estimate of drug-likeness (QED) is 0.391. The Balaban J connectivity index is 1.47. The minimum absolute atomic E-state index is 0.0393. The number of nitrogens with one attached hydrogen (secondary N) is 2. The van der Waals surface area contributed by atoms with Crippen molar-refractivity contribution in [2.24, 2.45) is 13.0 Å². The van der Waals surface area contributed by atoms with Gasteiger partial charge < -0.3 is 10.6 Å². The Morgan fingerprint density at radius 1 is 1.14 bits per heavy atom. The Bertz CT molecular complexity index is 1380. The summed E-state index contributed by atoms with van der Waals surface area (Å²) in [6, 6.07) is 13.2. The van der Waals surface area contributed by atoms with Crippen molar-refractivity contribution in [2.75, 3.05) is 10.6 Å². The molecule has 0 bridgehead atoms. The van der Waals surface area contributed by atoms with Crippen molar-refractivity contribution in [3.8, 4) is 0 Å². The zero-order valence-corrected chi connectivity index (χ0v) is 20.0. The first-order valence-electron chi connectivity index (χ1n) is 11.6. The van der Waals surface area contributed by atoms with Gasteiger partial charge in [-0.3, -0.25) is 9.48 Å². The van der Waals surface area contributed by atoms with Crippen LogP contribution in [0.2, 0.25) is 0 Å². The largest absolute Gasteiger partial charge is 0.353 e. The lowest BCUT2D eigenvalue weighted by atomic mass is 9.79. The molecule has 1 unspecified atom stereocenters. The van der Waals surface area contributed by atoms with Gasteiger partial charge in [0.25, 0.3) is 0 Å². The van der Waals surface area contributed by atoms with Crippen molar-refractivity contribution < 1.29 is 22.0 Å². The first-order valence-corrected chi connectivity index (χ1v) is 13.0. The minimum Gasteiger partial charge on any atom is -0.353 e. The predicted molar refractivity (Wildman–Crippen MR) is 128 cm³/mol. The molecule has 1 fully saturated rings. The molecule has 7 nitrogen and oxygen atoms in total. The molecule has 2 aromatic carbocycles. The van der Waals surface area contributed by atoms with Crippen LogP contribution in [-0.4, -0.2) is 30.0 Å². The topological polar surface area (TPSA) is 93.1 Å². The molecule has 1 saturated carbocycles. The van der Waals surface area contributed by atoms with Crippen LogP contribution in [0, 0.1) is 5.92 Å². The third kappa shape index (κ3) is 4.67. The number of hydrogen-bond donors (Lipinski definition) is 2. The number of halogens is 2. The summed E-state index contributed by atoms with van der Waals surface area (Å²) >= 11 is 0. The average Bonchev–Trinajstić information content (AvgIpc) is 3.22. The van der Waals surface area contributed by atoms with Gasteiger partial charge in [-0.1, -0.05) is 18.2 Å². The normalized spacial score (nSPS) is 19.2. The van der Waals surface area contributed by atoms with Gasteiger partial charge in [-0.2, -0.15) is 5.10 Å². The molecule has 1 aliphatic heterocycles. The monoisotopic (exact) mass is 500 g/mol. The number of hydrogen-bond acceptors (Lipinski definition) is 5. The molecule has 0 saturated heterocycles. The summed E-state index contributed by atoms with van der Waals surface area (Å²) in [6.07, 6.45) is 2.40. The lowest BCUT2D eigenvalue weighted by Gasteiger charge is -2.31. The number of alkyl halides is 2. The fourth-order valence-corrected chi connectivity index (χ4v) is 6.47. The first kappa shape index (κ1) is 23.5. The van der Waals surface area contributed by atoms with Crippen LogP contribution >= 0.6 is 0 Å². The second kappa shape index (κ2) is 8.75. The number of amides is 1. The Kier molecular flexibility index (Phi) is 5.86. The van der Waals surface area contributed by atoms with Crippen LogP contribution in [0.3, 0.4) is 0 Å². The molecule has 2 N–H and O–H groups in total. The number of rotatable bonds is 5. The number of para-hydroxylation sites is 1. The zero-order chi connectivity index (χ0) is 24.8. The molecule has 184 valence electrons. The molecule has 5 rings (SSSR count). The van der Waals surface area contributed by atoms with Crippen molar-refractivity contribution in [3.05, 3.63) is 60.3 Å². The third-order valence-electron chi connectivity index (χ3n) is 6.83. The van der Waals surface area contributed by atoms with Crippen molar-refractivity contribution in [3.63, 3.8) is 0 Å². The van der Waals surface area contributed by atoms with Gasteiger partial charge in [-0.15, -0.1) is 0 Å². The molecule has 2 heterocycles. The van der Waals surface area contributed by atoms with E-state index in [1.807, 2.05) is 0 Å². The second-order valence-corrected chi connectivity index (χ2v) is 11.2. The van der Waals surface area contributed by atoms with E-state index in [2.05, 4.69) is 15.7 Å². The highest BCUT2D eigenvalue weighted by Crippen LogP contribution is 2.43. The maximum absolute atomic E-state index is 13.7. The molecule has 1 aromatic heterocycles. The maximum Gasteiger partial charge on any atom is 0.248 e. The van der Waals surface area contributed by atoms with E-state index in [0.717, 1.165) is 0 Å². The lowest BCUT2D eigenvalue weighted by molar-refractivity contribution is -0.118. The second-order valence-electron chi connectivity index (χ2n) is 9.33. The Hall–Kier alpha value is -3.27. The summed E-state index contributed by atoms with van der Waals surface area (Å²) in [6.45, 7) is 0. The van der Waals surface area contributed by atoms with Crippen LogP contribution in [0.5, 0.6) is 0 Å². The van der Waals surface area contributed by atoms with E-state index < -0.39 is 21.7 Å². The molecule has 1 amide bonds. The number of fused-ring (bicyclic) bond motifs is 2. The van der Waals surface area contributed by atoms with E-state index in [1.165, 1.54) is 6.07 Å². The highest BCUT2D eigenvalue weighted by Gasteiger charge is 2.37. The van der Waals surface area contributed by atoms with Crippen LogP contribution in [-0.2, 0) is 21.7 Å². The third-order valence-corrected chi connectivity index (χ3v) is 8.70. The van der Waals surface area contributed by atoms with Gasteiger partial charge in [0.1, 0.15) is 0 Å². The lowest BCUT2D eigenvalue weighted by Crippen LogP contribution is -2.29. The number of nitrogens with zero attached hydrogens (tertiary/aromatic N) is 2. The van der Waals surface area contributed by atoms with Gasteiger partial charge in [-0.05, 0) is 55.0 Å². The number of sulfone groups is 1. The summed E-state index contributed by atoms with van der Waals surface area (Å²) in [7, 11) is -1.97. The number of benzene rings is 2. The standard InChI is InChI=1S/C25H26F2N4O3S/c1-31-13-10-23(30-31)29-24(32)18(14-16-8-11-25(26,27)12-9-16)17-6-7-22-20(15-17)28-19-4-2-3-5-21(19)35(22,33)34/h2-7,10,13,15-16,18,28H,8-9,11-12,14H2,1H3,(H,29,30,32). The number of carbonyl (C=O) groups is 1. The molecule has 35 heavy (non-hydrogen) atoms. The summed E-state index contributed by atoms with van der Waals surface area (Å²) in [4.78, 5) is 13.7. The summed E-state index contributed by atoms with van der Waals surface area (Å²) in [5.41, 5.74) is 1.49. The molecule has 10 heteroatoms. The van der Waals surface area contributed by atoms with Crippen LogP contribution in [0.25, 0.3) is 0 Å². The molecule has 1 atom stereocenters. The molecule has 0 spiro atoms. The Labute approximate surface area is 202 Å². The number of carbonyl (C=O) groups excluding carboxylic acids is 1. The Morgan fingerprint density at radius 2 is 1.86 bits per heavy atom. The van der Waals surface area contributed by atoms with Crippen LogP contribution in [0.15, 0.2) is 64.5 Å². The van der Waals surface area contributed by atoms with E-state index in [-0.39, 0.29) is 34.5 Å². The van der Waals surface area contributed by atoms with E-state index in [4.69, 9.17) is 0 Å². The van der Waals surface area contributed by atoms with Gasteiger partial charge in [0.05, 0.1) is 27.1 Å². The van der Waals surface area contributed by atoms with Crippen LogP contribution in [0.4, 0.5) is 26.0 Å². The summed E-state index contributed by atoms with van der Waals surface area (Å²) in [5.74, 6) is -3.26. The van der Waals surface area contributed by atoms with Crippen LogP contribution < -0.4 is 10.6 Å². The van der Waals surface area contributed by atoms with E-state index >= 15 is 0 Å². The molecular formula is C25H26F2N4O3S.